The maximum Gasteiger partial charge on any atom is 0.286 e. The average molecular weight is 380 g/mol. The van der Waals surface area contributed by atoms with Crippen LogP contribution in [-0.2, 0) is 4.79 Å². The maximum absolute atomic E-state index is 12.1. The zero-order chi connectivity index (χ0) is 15.5. The number of hydrogen-bond donors (Lipinski definition) is 0. The van der Waals surface area contributed by atoms with Crippen LogP contribution in [-0.4, -0.2) is 53.6 Å². The number of amides is 1. The van der Waals surface area contributed by atoms with E-state index < -0.39 is 0 Å². The van der Waals surface area contributed by atoms with E-state index in [4.69, 9.17) is 0 Å². The molecule has 0 radical (unpaired) electrons. The largest absolute Gasteiger partial charge is 0.348 e. The molecule has 0 spiro atoms. The SMILES string of the molecule is CCN1CCN(C2=NC(=O)/C(=C/c3cccc(Br)c3)S2)CC1. The maximum atomic E-state index is 12.1. The van der Waals surface area contributed by atoms with Crippen LogP contribution in [0.4, 0.5) is 0 Å². The molecule has 2 aliphatic rings. The average Bonchev–Trinajstić information content (AvgIpc) is 2.88. The van der Waals surface area contributed by atoms with Crippen molar-refractivity contribution >= 4 is 44.8 Å². The van der Waals surface area contributed by atoms with Gasteiger partial charge in [-0.1, -0.05) is 35.0 Å². The van der Waals surface area contributed by atoms with Crippen molar-refractivity contribution in [2.75, 3.05) is 32.7 Å². The molecular weight excluding hydrogens is 362 g/mol. The lowest BCUT2D eigenvalue weighted by atomic mass is 10.2. The van der Waals surface area contributed by atoms with Gasteiger partial charge in [0.25, 0.3) is 5.91 Å². The Morgan fingerprint density at radius 3 is 2.77 bits per heavy atom. The fourth-order valence-electron chi connectivity index (χ4n) is 2.54. The number of halogens is 1. The molecule has 0 bridgehead atoms. The second kappa shape index (κ2) is 6.98. The molecule has 0 aliphatic carbocycles. The number of carbonyl (C=O) groups excluding carboxylic acids is 1. The van der Waals surface area contributed by atoms with Gasteiger partial charge in [0.2, 0.25) is 0 Å². The Morgan fingerprint density at radius 2 is 2.09 bits per heavy atom. The first-order valence-corrected chi connectivity index (χ1v) is 9.02. The summed E-state index contributed by atoms with van der Waals surface area (Å²) < 4.78 is 1.01. The zero-order valence-corrected chi connectivity index (χ0v) is 14.9. The number of thioether (sulfide) groups is 1. The first kappa shape index (κ1) is 15.8. The Hall–Kier alpha value is -1.11. The predicted octanol–water partition coefficient (Wildman–Crippen LogP) is 3.06. The summed E-state index contributed by atoms with van der Waals surface area (Å²) in [5, 5.41) is 0.849. The molecule has 1 saturated heterocycles. The zero-order valence-electron chi connectivity index (χ0n) is 12.5. The number of nitrogens with zero attached hydrogens (tertiary/aromatic N) is 3. The molecule has 0 unspecified atom stereocenters. The highest BCUT2D eigenvalue weighted by atomic mass is 79.9. The van der Waals surface area contributed by atoms with Gasteiger partial charge < -0.3 is 9.80 Å². The second-order valence-electron chi connectivity index (χ2n) is 5.29. The normalized spacial score (nSPS) is 21.5. The molecule has 2 aliphatic heterocycles. The van der Waals surface area contributed by atoms with Gasteiger partial charge in [0.1, 0.15) is 0 Å². The van der Waals surface area contributed by atoms with Gasteiger partial charge in [-0.3, -0.25) is 4.79 Å². The Balaban J connectivity index is 1.69. The molecule has 2 heterocycles. The van der Waals surface area contributed by atoms with Gasteiger partial charge in [-0.2, -0.15) is 4.99 Å². The second-order valence-corrected chi connectivity index (χ2v) is 7.21. The molecule has 0 N–H and O–H groups in total. The molecule has 22 heavy (non-hydrogen) atoms. The third-order valence-electron chi connectivity index (χ3n) is 3.85. The van der Waals surface area contributed by atoms with E-state index >= 15 is 0 Å². The summed E-state index contributed by atoms with van der Waals surface area (Å²) in [4.78, 5) is 21.7. The lowest BCUT2D eigenvalue weighted by Gasteiger charge is -2.34. The van der Waals surface area contributed by atoms with E-state index in [1.165, 1.54) is 11.8 Å². The van der Waals surface area contributed by atoms with Gasteiger partial charge in [0.05, 0.1) is 4.91 Å². The minimum Gasteiger partial charge on any atom is -0.348 e. The number of hydrogen-bond acceptors (Lipinski definition) is 4. The van der Waals surface area contributed by atoms with Crippen molar-refractivity contribution in [2.24, 2.45) is 4.99 Å². The van der Waals surface area contributed by atoms with Crippen LogP contribution in [0.3, 0.4) is 0 Å². The Bertz CT molecular complexity index is 636. The van der Waals surface area contributed by atoms with E-state index in [-0.39, 0.29) is 5.91 Å². The molecule has 1 amide bonds. The van der Waals surface area contributed by atoms with Crippen molar-refractivity contribution in [3.8, 4) is 0 Å². The summed E-state index contributed by atoms with van der Waals surface area (Å²) in [7, 11) is 0. The molecule has 0 aromatic heterocycles. The molecule has 1 aromatic rings. The van der Waals surface area contributed by atoms with Crippen LogP contribution in [0.2, 0.25) is 0 Å². The summed E-state index contributed by atoms with van der Waals surface area (Å²) in [5.74, 6) is -0.127. The summed E-state index contributed by atoms with van der Waals surface area (Å²) in [6.45, 7) is 7.22. The lowest BCUT2D eigenvalue weighted by Crippen LogP contribution is -2.47. The fourth-order valence-corrected chi connectivity index (χ4v) is 3.92. The first-order chi connectivity index (χ1) is 10.7. The molecule has 116 valence electrons. The number of likely N-dealkylation sites (N-methyl/N-ethyl adjacent to an activating group) is 1. The van der Waals surface area contributed by atoms with Gasteiger partial charge in [0.15, 0.2) is 5.17 Å². The number of aliphatic imine (C=N–C) groups is 1. The molecule has 6 heteroatoms. The van der Waals surface area contributed by atoms with Crippen LogP contribution in [0, 0.1) is 0 Å². The highest BCUT2D eigenvalue weighted by Crippen LogP contribution is 2.31. The summed E-state index contributed by atoms with van der Waals surface area (Å²) in [6.07, 6.45) is 1.91. The lowest BCUT2D eigenvalue weighted by molar-refractivity contribution is -0.113. The van der Waals surface area contributed by atoms with Crippen LogP contribution < -0.4 is 0 Å². The van der Waals surface area contributed by atoms with Crippen molar-refractivity contribution in [3.63, 3.8) is 0 Å². The molecule has 1 fully saturated rings. The van der Waals surface area contributed by atoms with E-state index in [1.807, 2.05) is 30.3 Å². The van der Waals surface area contributed by atoms with Crippen LogP contribution in [0.25, 0.3) is 6.08 Å². The van der Waals surface area contributed by atoms with Crippen molar-refractivity contribution in [1.82, 2.24) is 9.80 Å². The highest BCUT2D eigenvalue weighted by Gasteiger charge is 2.28. The van der Waals surface area contributed by atoms with Crippen molar-refractivity contribution in [1.29, 1.82) is 0 Å². The van der Waals surface area contributed by atoms with Gasteiger partial charge in [0, 0.05) is 30.7 Å². The van der Waals surface area contributed by atoms with E-state index in [9.17, 15) is 4.79 Å². The Kier molecular flexibility index (Phi) is 5.00. The predicted molar refractivity (Wildman–Crippen MR) is 95.8 cm³/mol. The van der Waals surface area contributed by atoms with E-state index in [1.54, 1.807) is 0 Å². The van der Waals surface area contributed by atoms with Gasteiger partial charge >= 0.3 is 0 Å². The Morgan fingerprint density at radius 1 is 1.32 bits per heavy atom. The molecule has 0 atom stereocenters. The van der Waals surface area contributed by atoms with E-state index in [0.29, 0.717) is 4.91 Å². The number of carbonyl (C=O) groups is 1. The minimum atomic E-state index is -0.127. The van der Waals surface area contributed by atoms with Crippen molar-refractivity contribution < 1.29 is 4.79 Å². The number of rotatable bonds is 2. The highest BCUT2D eigenvalue weighted by molar-refractivity contribution is 9.10. The standard InChI is InChI=1S/C16H18BrN3OS/c1-2-19-6-8-20(9-7-19)16-18-15(21)14(22-16)11-12-4-3-5-13(17)10-12/h3-5,10-11H,2,6-9H2,1H3/b14-11-. The molecule has 3 rings (SSSR count). The van der Waals surface area contributed by atoms with Crippen molar-refractivity contribution in [3.05, 3.63) is 39.2 Å². The van der Waals surface area contributed by atoms with E-state index in [2.05, 4.69) is 37.6 Å². The monoisotopic (exact) mass is 379 g/mol. The molecule has 4 nitrogen and oxygen atoms in total. The molecular formula is C16H18BrN3OS. The Labute approximate surface area is 143 Å². The number of piperazine rings is 1. The van der Waals surface area contributed by atoms with E-state index in [0.717, 1.165) is 47.9 Å². The summed E-state index contributed by atoms with van der Waals surface area (Å²) in [5.41, 5.74) is 1.01. The quantitative estimate of drug-likeness (QED) is 0.739. The van der Waals surface area contributed by atoms with Crippen molar-refractivity contribution in [2.45, 2.75) is 6.92 Å². The minimum absolute atomic E-state index is 0.127. The third-order valence-corrected chi connectivity index (χ3v) is 5.38. The molecule has 1 aromatic carbocycles. The summed E-state index contributed by atoms with van der Waals surface area (Å²) in [6, 6.07) is 7.93. The summed E-state index contributed by atoms with van der Waals surface area (Å²) >= 11 is 4.94. The van der Waals surface area contributed by atoms with Gasteiger partial charge in [-0.25, -0.2) is 0 Å². The topological polar surface area (TPSA) is 35.9 Å². The van der Waals surface area contributed by atoms with Gasteiger partial charge in [-0.05, 0) is 42.1 Å². The van der Waals surface area contributed by atoms with Crippen LogP contribution >= 0.6 is 27.7 Å². The van der Waals surface area contributed by atoms with Crippen LogP contribution in [0.1, 0.15) is 12.5 Å². The smallest absolute Gasteiger partial charge is 0.286 e. The molecule has 0 saturated carbocycles. The van der Waals surface area contributed by atoms with Gasteiger partial charge in [-0.15, -0.1) is 0 Å². The number of benzene rings is 1. The number of amidine groups is 1. The van der Waals surface area contributed by atoms with Crippen LogP contribution in [0.5, 0.6) is 0 Å². The first-order valence-electron chi connectivity index (χ1n) is 7.41. The van der Waals surface area contributed by atoms with Crippen LogP contribution in [0.15, 0.2) is 38.6 Å². The fraction of sp³-hybridized carbons (Fsp3) is 0.375. The third kappa shape index (κ3) is 3.62.